The summed E-state index contributed by atoms with van der Waals surface area (Å²) in [6.45, 7) is 19.7. The van der Waals surface area contributed by atoms with Gasteiger partial charge in [-0.05, 0) is 246 Å². The van der Waals surface area contributed by atoms with Crippen LogP contribution in [-0.2, 0) is 12.8 Å². The number of fused-ring (bicyclic) bond motifs is 4. The third kappa shape index (κ3) is 28.6. The van der Waals surface area contributed by atoms with Crippen molar-refractivity contribution >= 4 is 119 Å². The van der Waals surface area contributed by atoms with Crippen molar-refractivity contribution in [3.05, 3.63) is 190 Å². The van der Waals surface area contributed by atoms with Crippen LogP contribution in [0.1, 0.15) is 239 Å². The molecule has 0 unspecified atom stereocenters. The predicted octanol–water partition coefficient (Wildman–Crippen LogP) is 28.2. The smallest absolute Gasteiger partial charge is 0.154 e. The van der Waals surface area contributed by atoms with Crippen molar-refractivity contribution in [1.82, 2.24) is 0 Å². The molecule has 522 valence electrons. The number of phenols is 2. The van der Waals surface area contributed by atoms with Gasteiger partial charge in [0, 0.05) is 24.4 Å². The summed E-state index contributed by atoms with van der Waals surface area (Å²) < 4.78 is 21.9. The van der Waals surface area contributed by atoms with Crippen LogP contribution in [0, 0.1) is 20.8 Å². The lowest BCUT2D eigenvalue weighted by Crippen LogP contribution is -2.01. The molecule has 7 nitrogen and oxygen atoms in total. The molecule has 9 aromatic rings. The van der Waals surface area contributed by atoms with Crippen LogP contribution in [0.2, 0.25) is 0 Å². The van der Waals surface area contributed by atoms with E-state index in [1.807, 2.05) is 31.2 Å². The molecule has 2 N–H and O–H groups in total. The number of aryl methyl sites for hydroxylation is 5. The largest absolute Gasteiger partial charge is 0.508 e. The third-order valence-corrected chi connectivity index (χ3v) is 20.4. The van der Waals surface area contributed by atoms with Gasteiger partial charge in [0.2, 0.25) is 0 Å². The summed E-state index contributed by atoms with van der Waals surface area (Å²) in [5.74, 6) is 3.10. The van der Waals surface area contributed by atoms with Crippen LogP contribution >= 0.6 is 63.7 Å². The first-order valence-corrected chi connectivity index (χ1v) is 37.9. The number of phenolic OH excluding ortho intramolecular Hbond substituents is 2. The molecule has 0 fully saturated rings. The molecule has 0 atom stereocenters. The fourth-order valence-electron chi connectivity index (χ4n) is 11.1. The predicted molar refractivity (Wildman–Crippen MR) is 429 cm³/mol. The third-order valence-electron chi connectivity index (χ3n) is 16.8. The molecule has 0 saturated heterocycles. The van der Waals surface area contributed by atoms with Crippen LogP contribution in [-0.4, -0.2) is 42.6 Å². The molecule has 0 aromatic heterocycles. The van der Waals surface area contributed by atoms with Crippen molar-refractivity contribution in [3.8, 4) is 28.7 Å². The number of halogens is 4. The lowest BCUT2D eigenvalue weighted by molar-refractivity contribution is 0.111. The first kappa shape index (κ1) is 84.5. The fourth-order valence-corrected chi connectivity index (χ4v) is 13.2. The van der Waals surface area contributed by atoms with Crippen LogP contribution in [0.5, 0.6) is 28.7 Å². The van der Waals surface area contributed by atoms with Crippen molar-refractivity contribution < 1.29 is 34.0 Å². The Kier molecular flexibility index (Phi) is 42.3. The Labute approximate surface area is 611 Å². The second-order valence-electron chi connectivity index (χ2n) is 24.6. The number of rotatable bonds is 32. The minimum atomic E-state index is 0. The van der Waals surface area contributed by atoms with Gasteiger partial charge in [-0.1, -0.05) is 241 Å². The van der Waals surface area contributed by atoms with Gasteiger partial charge >= 0.3 is 0 Å². The monoisotopic (exact) mass is 1560 g/mol. The van der Waals surface area contributed by atoms with Crippen LogP contribution in [0.3, 0.4) is 0 Å². The Hall–Kier alpha value is -5.72. The molecule has 0 aliphatic rings. The number of aromatic hydroxyl groups is 2. The van der Waals surface area contributed by atoms with E-state index in [1.165, 1.54) is 170 Å². The van der Waals surface area contributed by atoms with Crippen LogP contribution < -0.4 is 14.2 Å². The average Bonchev–Trinajstić information content (AvgIpc) is 0.860. The molecular weight excluding hydrogens is 1450 g/mol. The quantitative estimate of drug-likeness (QED) is 0.0320. The van der Waals surface area contributed by atoms with E-state index in [4.69, 9.17) is 24.4 Å². The fraction of sp³-hybridized carbons (Fsp3) is 0.435. The van der Waals surface area contributed by atoms with Crippen molar-refractivity contribution in [1.29, 1.82) is 0 Å². The van der Waals surface area contributed by atoms with Crippen LogP contribution in [0.4, 0.5) is 0 Å². The van der Waals surface area contributed by atoms with Gasteiger partial charge in [0.25, 0.3) is 0 Å². The molecule has 0 aliphatic heterocycles. The van der Waals surface area contributed by atoms with E-state index in [2.05, 4.69) is 185 Å². The van der Waals surface area contributed by atoms with Crippen molar-refractivity contribution in [2.24, 2.45) is 0 Å². The lowest BCUT2D eigenvalue weighted by atomic mass is 9.97. The van der Waals surface area contributed by atoms with E-state index < -0.39 is 0 Å². The van der Waals surface area contributed by atoms with Gasteiger partial charge in [-0.25, -0.2) is 0 Å². The highest BCUT2D eigenvalue weighted by atomic mass is 79.9. The zero-order chi connectivity index (χ0) is 68.0. The van der Waals surface area contributed by atoms with Gasteiger partial charge in [-0.3, -0.25) is 9.59 Å². The van der Waals surface area contributed by atoms with E-state index in [0.29, 0.717) is 17.9 Å². The summed E-state index contributed by atoms with van der Waals surface area (Å²) in [6, 6.07) is 43.6. The second kappa shape index (κ2) is 48.1. The maximum absolute atomic E-state index is 11.5. The van der Waals surface area contributed by atoms with E-state index in [1.54, 1.807) is 36.4 Å². The number of hydrogen-bond acceptors (Lipinski definition) is 7. The Morgan fingerprint density at radius 2 is 0.771 bits per heavy atom. The minimum Gasteiger partial charge on any atom is -0.508 e. The summed E-state index contributed by atoms with van der Waals surface area (Å²) in [4.78, 5) is 22.9. The zero-order valence-electron chi connectivity index (χ0n) is 57.4. The first-order chi connectivity index (χ1) is 45.6. The number of carbonyl (C=O) groups is 2. The van der Waals surface area contributed by atoms with Gasteiger partial charge < -0.3 is 24.4 Å². The molecule has 0 aliphatic carbocycles. The Morgan fingerprint density at radius 3 is 1.29 bits per heavy atom. The molecule has 0 radical (unpaired) electrons. The molecular formula is C85H112Br4O7. The Morgan fingerprint density at radius 1 is 0.365 bits per heavy atom. The van der Waals surface area contributed by atoms with E-state index in [-0.39, 0.29) is 26.4 Å². The molecule has 9 rings (SSSR count). The summed E-state index contributed by atoms with van der Waals surface area (Å²) in [7, 11) is 0. The molecule has 0 spiro atoms. The van der Waals surface area contributed by atoms with Crippen molar-refractivity contribution in [2.75, 3.05) is 19.8 Å². The number of unbranched alkanes of at least 4 members (excludes halogenated alkanes) is 17. The topological polar surface area (TPSA) is 102 Å². The summed E-state index contributed by atoms with van der Waals surface area (Å²) in [6.07, 6.45) is 31.4. The van der Waals surface area contributed by atoms with Gasteiger partial charge in [0.1, 0.15) is 35.0 Å². The zero-order valence-corrected chi connectivity index (χ0v) is 63.7. The van der Waals surface area contributed by atoms with Crippen molar-refractivity contribution in [2.45, 2.75) is 224 Å². The number of benzene rings is 9. The highest BCUT2D eigenvalue weighted by molar-refractivity contribution is 9.11. The standard InChI is InChI=1S/C21H33BrO.C18H21BrO2.C17H20Br2O.C17H22O.C10H8O2.2CH4/c1-3-5-7-9-11-13-18-16-21(22)19(15-20(18)17-23)14-12-10-8-6-4-2;1-3-4-5-6-11-21-17-10-9-15-14(16(17)12-20)8-7-13(2)18(15)19;1-3-4-5-6-11-20-15-10-9-13-14(17(15)19)8-7-12(2)16(13)18;1-3-4-5-6-11-18-17-10-9-15-12-14(2)7-8-16(15)13-17;11-9-3-1-7-5-10(12)4-2-8(7)6-9;;/h15-17H,3-14H2,1-2H3;7-10,12H,3-6,11H2,1-2H3;7-10H,3-6,11H2,1-2H3;7-10,12-13H,3-6,11H2,1-2H3;1-6,11-12H;2*1H4. The van der Waals surface area contributed by atoms with Gasteiger partial charge in [0.15, 0.2) is 6.29 Å². The molecule has 0 heterocycles. The normalized spacial score (nSPS) is 10.6. The molecule has 0 amide bonds. The number of aldehydes is 2. The summed E-state index contributed by atoms with van der Waals surface area (Å²) in [5, 5.41) is 27.1. The molecule has 0 bridgehead atoms. The second-order valence-corrected chi connectivity index (χ2v) is 27.8. The minimum absolute atomic E-state index is 0. The number of carbonyl (C=O) groups excluding carboxylic acids is 2. The van der Waals surface area contributed by atoms with E-state index in [9.17, 15) is 9.59 Å². The van der Waals surface area contributed by atoms with Crippen LogP contribution in [0.15, 0.2) is 151 Å². The van der Waals surface area contributed by atoms with Crippen molar-refractivity contribution in [3.63, 3.8) is 0 Å². The van der Waals surface area contributed by atoms with Gasteiger partial charge in [-0.15, -0.1) is 0 Å². The Bertz CT molecular complexity index is 3690. The molecule has 0 saturated carbocycles. The van der Waals surface area contributed by atoms with E-state index >= 15 is 0 Å². The number of ether oxygens (including phenoxy) is 3. The highest BCUT2D eigenvalue weighted by Gasteiger charge is 2.14. The lowest BCUT2D eigenvalue weighted by Gasteiger charge is -2.12. The van der Waals surface area contributed by atoms with Gasteiger partial charge in [-0.2, -0.15) is 0 Å². The SMILES string of the molecule is C.C.CCCCCCCc1cc(C=O)c(CCCCCCC)cc1Br.CCCCCCOc1ccc2c(Br)c(C)ccc2c1Br.CCCCCCOc1ccc2c(Br)c(C)ccc2c1C=O.CCCCCCOc1ccc2cc(C)ccc2c1.Oc1ccc2cc(O)ccc2c1. The average molecular weight is 1570 g/mol. The number of hydrogen-bond donors (Lipinski definition) is 2. The maximum atomic E-state index is 11.5. The Balaban J connectivity index is 0.000000314. The molecule has 11 heteroatoms. The molecule has 96 heavy (non-hydrogen) atoms. The van der Waals surface area contributed by atoms with Crippen LogP contribution in [0.25, 0.3) is 43.1 Å². The highest BCUT2D eigenvalue weighted by Crippen LogP contribution is 2.38. The molecule has 9 aromatic carbocycles. The first-order valence-electron chi connectivity index (χ1n) is 34.7. The summed E-state index contributed by atoms with van der Waals surface area (Å²) in [5.41, 5.74) is 7.74. The maximum Gasteiger partial charge on any atom is 0.154 e. The summed E-state index contributed by atoms with van der Waals surface area (Å²) >= 11 is 14.6. The van der Waals surface area contributed by atoms with E-state index in [0.717, 1.165) is 115 Å². The van der Waals surface area contributed by atoms with Gasteiger partial charge in [0.05, 0.1) is 29.9 Å².